The van der Waals surface area contributed by atoms with Gasteiger partial charge in [-0.05, 0) is 43.3 Å². The summed E-state index contributed by atoms with van der Waals surface area (Å²) in [4.78, 5) is 11.2. The summed E-state index contributed by atoms with van der Waals surface area (Å²) in [5.41, 5.74) is 11.3. The van der Waals surface area contributed by atoms with Gasteiger partial charge in [-0.15, -0.1) is 0 Å². The van der Waals surface area contributed by atoms with Crippen LogP contribution in [0.5, 0.6) is 0 Å². The Morgan fingerprint density at radius 3 is 2.69 bits per heavy atom. The number of imidazole rings is 1. The van der Waals surface area contributed by atoms with Gasteiger partial charge in [0.05, 0.1) is 18.5 Å². The number of fused-ring (bicyclic) bond motifs is 1. The van der Waals surface area contributed by atoms with Crippen LogP contribution in [-0.2, 0) is 0 Å². The molecule has 0 saturated heterocycles. The van der Waals surface area contributed by atoms with E-state index >= 15 is 0 Å². The summed E-state index contributed by atoms with van der Waals surface area (Å²) in [6.07, 6.45) is 5.49. The second kappa shape index (κ2) is 8.20. The lowest BCUT2D eigenvalue weighted by atomic mass is 10.1. The second-order valence-corrected chi connectivity index (χ2v) is 6.71. The minimum atomic E-state index is 0.134. The Morgan fingerprint density at radius 2 is 1.97 bits per heavy atom. The molecule has 0 aliphatic heterocycles. The molecular formula is C22H24N6O. The van der Waals surface area contributed by atoms with Crippen molar-refractivity contribution in [2.45, 2.75) is 6.92 Å². The van der Waals surface area contributed by atoms with Crippen molar-refractivity contribution in [2.75, 3.05) is 35.6 Å². The van der Waals surface area contributed by atoms with E-state index in [1.165, 1.54) is 0 Å². The second-order valence-electron chi connectivity index (χ2n) is 6.71. The maximum Gasteiger partial charge on any atom is 0.180 e. The highest BCUT2D eigenvalue weighted by atomic mass is 16.3. The zero-order valence-corrected chi connectivity index (χ0v) is 16.3. The number of benzene rings is 2. The van der Waals surface area contributed by atoms with Crippen LogP contribution in [0.25, 0.3) is 16.9 Å². The van der Waals surface area contributed by atoms with E-state index in [0.29, 0.717) is 18.1 Å². The smallest absolute Gasteiger partial charge is 0.180 e. The molecule has 29 heavy (non-hydrogen) atoms. The van der Waals surface area contributed by atoms with Crippen LogP contribution in [0.2, 0.25) is 0 Å². The molecule has 4 aromatic rings. The van der Waals surface area contributed by atoms with Gasteiger partial charge in [-0.25, -0.2) is 9.97 Å². The molecule has 0 spiro atoms. The molecule has 0 unspecified atom stereocenters. The van der Waals surface area contributed by atoms with Crippen LogP contribution in [0.1, 0.15) is 6.92 Å². The largest absolute Gasteiger partial charge is 0.399 e. The van der Waals surface area contributed by atoms with Crippen molar-refractivity contribution in [3.05, 3.63) is 67.1 Å². The van der Waals surface area contributed by atoms with Gasteiger partial charge in [0.1, 0.15) is 0 Å². The van der Waals surface area contributed by atoms with Crippen molar-refractivity contribution in [2.24, 2.45) is 0 Å². The SMILES string of the molecule is CCN(CCO)c1ccc(Nc2ncc(-c3cccc(N)c3)n3ccnc23)cc1. The number of nitrogens with zero attached hydrogens (tertiary/aromatic N) is 4. The fourth-order valence-corrected chi connectivity index (χ4v) is 3.40. The molecule has 0 aliphatic rings. The molecule has 4 rings (SSSR count). The van der Waals surface area contributed by atoms with Crippen LogP contribution in [0.4, 0.5) is 22.9 Å². The number of hydrogen-bond acceptors (Lipinski definition) is 6. The van der Waals surface area contributed by atoms with Gasteiger partial charge in [0, 0.05) is 48.1 Å². The zero-order valence-electron chi connectivity index (χ0n) is 16.3. The average molecular weight is 388 g/mol. The van der Waals surface area contributed by atoms with Crippen molar-refractivity contribution >= 4 is 28.5 Å². The van der Waals surface area contributed by atoms with E-state index < -0.39 is 0 Å². The average Bonchev–Trinajstić information content (AvgIpc) is 3.23. The summed E-state index contributed by atoms with van der Waals surface area (Å²) in [7, 11) is 0. The number of aromatic nitrogens is 3. The van der Waals surface area contributed by atoms with Gasteiger partial charge in [0.15, 0.2) is 11.5 Å². The quantitative estimate of drug-likeness (QED) is 0.420. The molecule has 2 heterocycles. The van der Waals surface area contributed by atoms with Gasteiger partial charge in [-0.3, -0.25) is 4.40 Å². The topological polar surface area (TPSA) is 91.7 Å². The van der Waals surface area contributed by atoms with Crippen LogP contribution in [-0.4, -0.2) is 39.2 Å². The van der Waals surface area contributed by atoms with Gasteiger partial charge >= 0.3 is 0 Å². The van der Waals surface area contributed by atoms with Crippen LogP contribution in [0.3, 0.4) is 0 Å². The van der Waals surface area contributed by atoms with Crippen molar-refractivity contribution < 1.29 is 5.11 Å². The molecule has 0 saturated carbocycles. The third kappa shape index (κ3) is 3.86. The lowest BCUT2D eigenvalue weighted by molar-refractivity contribution is 0.302. The van der Waals surface area contributed by atoms with Gasteiger partial charge in [0.2, 0.25) is 0 Å². The number of nitrogens with one attached hydrogen (secondary N) is 1. The predicted molar refractivity (Wildman–Crippen MR) is 118 cm³/mol. The van der Waals surface area contributed by atoms with Crippen molar-refractivity contribution in [3.63, 3.8) is 0 Å². The number of nitrogens with two attached hydrogens (primary N) is 1. The maximum absolute atomic E-state index is 9.20. The lowest BCUT2D eigenvalue weighted by Gasteiger charge is -2.22. The molecule has 0 atom stereocenters. The standard InChI is InChI=1S/C22H24N6O/c1-2-27(12-13-29)19-8-6-18(7-9-19)26-21-22-24-10-11-28(22)20(15-25-21)16-4-3-5-17(23)14-16/h3-11,14-15,29H,2,12-13,23H2,1H3,(H,25,26). The summed E-state index contributed by atoms with van der Waals surface area (Å²) < 4.78 is 2.00. The Labute approximate surface area is 169 Å². The minimum absolute atomic E-state index is 0.134. The van der Waals surface area contributed by atoms with Gasteiger partial charge in [-0.2, -0.15) is 0 Å². The molecular weight excluding hydrogens is 364 g/mol. The Morgan fingerprint density at radius 1 is 1.14 bits per heavy atom. The summed E-state index contributed by atoms with van der Waals surface area (Å²) in [5.74, 6) is 0.679. The molecule has 2 aromatic carbocycles. The number of rotatable bonds is 7. The third-order valence-corrected chi connectivity index (χ3v) is 4.86. The van der Waals surface area contributed by atoms with E-state index in [-0.39, 0.29) is 6.61 Å². The van der Waals surface area contributed by atoms with Crippen LogP contribution in [0, 0.1) is 0 Å². The van der Waals surface area contributed by atoms with Crippen molar-refractivity contribution in [1.82, 2.24) is 14.4 Å². The van der Waals surface area contributed by atoms with E-state index in [9.17, 15) is 5.11 Å². The summed E-state index contributed by atoms with van der Waals surface area (Å²) in [6, 6.07) is 15.8. The highest BCUT2D eigenvalue weighted by Crippen LogP contribution is 2.27. The Bertz CT molecular complexity index is 1110. The molecule has 7 heteroatoms. The van der Waals surface area contributed by atoms with Crippen molar-refractivity contribution in [1.29, 1.82) is 0 Å². The lowest BCUT2D eigenvalue weighted by Crippen LogP contribution is -2.25. The molecule has 0 amide bonds. The van der Waals surface area contributed by atoms with Crippen LogP contribution in [0.15, 0.2) is 67.1 Å². The summed E-state index contributed by atoms with van der Waals surface area (Å²) in [6.45, 7) is 3.66. The van der Waals surface area contributed by atoms with Gasteiger partial charge < -0.3 is 21.1 Å². The predicted octanol–water partition coefficient (Wildman–Crippen LogP) is 3.54. The Balaban J connectivity index is 1.63. The Kier molecular flexibility index (Phi) is 5.31. The number of nitrogen functional groups attached to an aromatic ring is 1. The zero-order chi connectivity index (χ0) is 20.2. The van der Waals surface area contributed by atoms with Gasteiger partial charge in [0.25, 0.3) is 0 Å². The number of aliphatic hydroxyl groups excluding tert-OH is 1. The first-order valence-electron chi connectivity index (χ1n) is 9.60. The normalized spacial score (nSPS) is 11.0. The number of likely N-dealkylation sites (N-methyl/N-ethyl adjacent to an activating group) is 1. The van der Waals surface area contributed by atoms with Gasteiger partial charge in [-0.1, -0.05) is 12.1 Å². The fourth-order valence-electron chi connectivity index (χ4n) is 3.40. The van der Waals surface area contributed by atoms with E-state index in [0.717, 1.165) is 34.8 Å². The monoisotopic (exact) mass is 388 g/mol. The molecule has 4 N–H and O–H groups in total. The maximum atomic E-state index is 9.20. The first-order chi connectivity index (χ1) is 14.2. The Hall–Kier alpha value is -3.58. The molecule has 148 valence electrons. The van der Waals surface area contributed by atoms with E-state index in [1.54, 1.807) is 6.20 Å². The van der Waals surface area contributed by atoms with Crippen LogP contribution < -0.4 is 16.0 Å². The number of aliphatic hydroxyl groups is 1. The molecule has 0 aliphatic carbocycles. The molecule has 2 aromatic heterocycles. The van der Waals surface area contributed by atoms with E-state index in [4.69, 9.17) is 5.73 Å². The first kappa shape index (κ1) is 18.8. The number of hydrogen-bond donors (Lipinski definition) is 3. The van der Waals surface area contributed by atoms with E-state index in [1.807, 2.05) is 65.3 Å². The number of anilines is 4. The van der Waals surface area contributed by atoms with E-state index in [2.05, 4.69) is 27.1 Å². The molecule has 0 bridgehead atoms. The summed E-state index contributed by atoms with van der Waals surface area (Å²) in [5, 5.41) is 12.6. The minimum Gasteiger partial charge on any atom is -0.399 e. The first-order valence-corrected chi connectivity index (χ1v) is 9.60. The molecule has 7 nitrogen and oxygen atoms in total. The molecule has 0 radical (unpaired) electrons. The summed E-state index contributed by atoms with van der Waals surface area (Å²) >= 11 is 0. The highest BCUT2D eigenvalue weighted by molar-refractivity contribution is 5.75. The van der Waals surface area contributed by atoms with Crippen LogP contribution >= 0.6 is 0 Å². The van der Waals surface area contributed by atoms with Crippen molar-refractivity contribution in [3.8, 4) is 11.3 Å². The highest BCUT2D eigenvalue weighted by Gasteiger charge is 2.11. The molecule has 0 fully saturated rings. The third-order valence-electron chi connectivity index (χ3n) is 4.86. The fraction of sp³-hybridized carbons (Fsp3) is 0.182.